The van der Waals surface area contributed by atoms with Crippen molar-refractivity contribution in [3.05, 3.63) is 41.6 Å². The summed E-state index contributed by atoms with van der Waals surface area (Å²) in [6.07, 6.45) is 1.05. The SMILES string of the molecule is CCc1ccc(-c2cc(C)nc(N)n2)cc1. The zero-order valence-corrected chi connectivity index (χ0v) is 9.57. The van der Waals surface area contributed by atoms with E-state index in [1.54, 1.807) is 0 Å². The first kappa shape index (κ1) is 10.6. The van der Waals surface area contributed by atoms with Gasteiger partial charge in [-0.1, -0.05) is 31.2 Å². The molecule has 1 aromatic heterocycles. The lowest BCUT2D eigenvalue weighted by Gasteiger charge is -2.04. The molecular formula is C13H15N3. The highest BCUT2D eigenvalue weighted by Gasteiger charge is 2.02. The Balaban J connectivity index is 2.42. The molecule has 0 spiro atoms. The molecule has 0 saturated heterocycles. The van der Waals surface area contributed by atoms with Crippen LogP contribution in [0, 0.1) is 6.92 Å². The van der Waals surface area contributed by atoms with Crippen molar-refractivity contribution in [2.75, 3.05) is 5.73 Å². The van der Waals surface area contributed by atoms with Crippen molar-refractivity contribution >= 4 is 5.95 Å². The second-order valence-corrected chi connectivity index (χ2v) is 3.80. The van der Waals surface area contributed by atoms with Crippen LogP contribution in [0.4, 0.5) is 5.95 Å². The Labute approximate surface area is 95.4 Å². The lowest BCUT2D eigenvalue weighted by atomic mass is 10.1. The van der Waals surface area contributed by atoms with Gasteiger partial charge in [0.05, 0.1) is 5.69 Å². The van der Waals surface area contributed by atoms with Gasteiger partial charge in [0.2, 0.25) is 5.95 Å². The number of nitrogen functional groups attached to an aromatic ring is 1. The number of nitrogens with zero attached hydrogens (tertiary/aromatic N) is 2. The maximum Gasteiger partial charge on any atom is 0.220 e. The first-order chi connectivity index (χ1) is 7.69. The predicted molar refractivity (Wildman–Crippen MR) is 66.0 cm³/mol. The molecule has 3 nitrogen and oxygen atoms in total. The van der Waals surface area contributed by atoms with E-state index in [0.717, 1.165) is 23.4 Å². The molecule has 0 aliphatic rings. The summed E-state index contributed by atoms with van der Waals surface area (Å²) < 4.78 is 0. The van der Waals surface area contributed by atoms with Gasteiger partial charge in [-0.25, -0.2) is 9.97 Å². The number of hydrogen-bond donors (Lipinski definition) is 1. The summed E-state index contributed by atoms with van der Waals surface area (Å²) in [5.74, 6) is 0.328. The van der Waals surface area contributed by atoms with Crippen LogP contribution < -0.4 is 5.73 Å². The van der Waals surface area contributed by atoms with Gasteiger partial charge in [-0.2, -0.15) is 0 Å². The molecule has 0 amide bonds. The number of benzene rings is 1. The number of rotatable bonds is 2. The van der Waals surface area contributed by atoms with E-state index in [0.29, 0.717) is 5.95 Å². The zero-order valence-electron chi connectivity index (χ0n) is 9.57. The zero-order chi connectivity index (χ0) is 11.5. The van der Waals surface area contributed by atoms with Gasteiger partial charge < -0.3 is 5.73 Å². The predicted octanol–water partition coefficient (Wildman–Crippen LogP) is 2.60. The Hall–Kier alpha value is -1.90. The van der Waals surface area contributed by atoms with Crippen molar-refractivity contribution < 1.29 is 0 Å². The number of aromatic nitrogens is 2. The molecule has 1 aromatic carbocycles. The normalized spacial score (nSPS) is 10.4. The average Bonchev–Trinajstić information content (AvgIpc) is 2.28. The number of aryl methyl sites for hydroxylation is 2. The summed E-state index contributed by atoms with van der Waals surface area (Å²) in [6.45, 7) is 4.06. The molecule has 0 aliphatic carbocycles. The Bertz CT molecular complexity index is 469. The molecule has 2 N–H and O–H groups in total. The van der Waals surface area contributed by atoms with E-state index in [1.807, 2.05) is 13.0 Å². The molecule has 0 aliphatic heterocycles. The molecule has 0 saturated carbocycles. The van der Waals surface area contributed by atoms with Crippen molar-refractivity contribution in [2.45, 2.75) is 20.3 Å². The van der Waals surface area contributed by atoms with Crippen molar-refractivity contribution in [3.8, 4) is 11.3 Å². The molecule has 2 aromatic rings. The van der Waals surface area contributed by atoms with Crippen molar-refractivity contribution in [3.63, 3.8) is 0 Å². The third kappa shape index (κ3) is 2.19. The summed E-state index contributed by atoms with van der Waals surface area (Å²) in [7, 11) is 0. The van der Waals surface area contributed by atoms with Crippen molar-refractivity contribution in [1.82, 2.24) is 9.97 Å². The van der Waals surface area contributed by atoms with Crippen LogP contribution in [0.3, 0.4) is 0 Å². The molecule has 0 atom stereocenters. The van der Waals surface area contributed by atoms with Crippen LogP contribution in [0.25, 0.3) is 11.3 Å². The summed E-state index contributed by atoms with van der Waals surface area (Å²) in [5.41, 5.74) is 9.80. The van der Waals surface area contributed by atoms with Crippen LogP contribution in [0.1, 0.15) is 18.2 Å². The topological polar surface area (TPSA) is 51.8 Å². The average molecular weight is 213 g/mol. The summed E-state index contributed by atoms with van der Waals surface area (Å²) >= 11 is 0. The van der Waals surface area contributed by atoms with Crippen LogP contribution in [0.15, 0.2) is 30.3 Å². The molecule has 1 heterocycles. The largest absolute Gasteiger partial charge is 0.368 e. The number of hydrogen-bond acceptors (Lipinski definition) is 3. The Morgan fingerprint density at radius 3 is 2.38 bits per heavy atom. The summed E-state index contributed by atoms with van der Waals surface area (Å²) in [4.78, 5) is 8.29. The molecule has 3 heteroatoms. The van der Waals surface area contributed by atoms with Gasteiger partial charge in [0.15, 0.2) is 0 Å². The van der Waals surface area contributed by atoms with E-state index in [2.05, 4.69) is 41.2 Å². The van der Waals surface area contributed by atoms with Gasteiger partial charge in [0, 0.05) is 11.3 Å². The number of nitrogens with two attached hydrogens (primary N) is 1. The van der Waals surface area contributed by atoms with Gasteiger partial charge in [0.1, 0.15) is 0 Å². The first-order valence-corrected chi connectivity index (χ1v) is 5.39. The van der Waals surface area contributed by atoms with Crippen LogP contribution >= 0.6 is 0 Å². The highest BCUT2D eigenvalue weighted by atomic mass is 15.0. The molecule has 16 heavy (non-hydrogen) atoms. The van der Waals surface area contributed by atoms with Crippen LogP contribution in [-0.2, 0) is 6.42 Å². The number of anilines is 1. The van der Waals surface area contributed by atoms with E-state index in [1.165, 1.54) is 5.56 Å². The minimum Gasteiger partial charge on any atom is -0.368 e. The van der Waals surface area contributed by atoms with E-state index >= 15 is 0 Å². The third-order valence-corrected chi connectivity index (χ3v) is 2.53. The molecule has 0 unspecified atom stereocenters. The quantitative estimate of drug-likeness (QED) is 0.834. The summed E-state index contributed by atoms with van der Waals surface area (Å²) in [5, 5.41) is 0. The lowest BCUT2D eigenvalue weighted by Crippen LogP contribution is -1.98. The monoisotopic (exact) mass is 213 g/mol. The van der Waals surface area contributed by atoms with Gasteiger partial charge >= 0.3 is 0 Å². The third-order valence-electron chi connectivity index (χ3n) is 2.53. The van der Waals surface area contributed by atoms with Gasteiger partial charge in [0.25, 0.3) is 0 Å². The Morgan fingerprint density at radius 2 is 1.81 bits per heavy atom. The Kier molecular flexibility index (Phi) is 2.86. The fraction of sp³-hybridized carbons (Fsp3) is 0.231. The minimum atomic E-state index is 0.328. The van der Waals surface area contributed by atoms with Crippen LogP contribution in [-0.4, -0.2) is 9.97 Å². The van der Waals surface area contributed by atoms with Gasteiger partial charge in [-0.05, 0) is 25.0 Å². The molecule has 2 rings (SSSR count). The van der Waals surface area contributed by atoms with Gasteiger partial charge in [-0.3, -0.25) is 0 Å². The smallest absolute Gasteiger partial charge is 0.220 e. The van der Waals surface area contributed by atoms with E-state index in [9.17, 15) is 0 Å². The standard InChI is InChI=1S/C13H15N3/c1-3-10-4-6-11(7-5-10)12-8-9(2)15-13(14)16-12/h4-8H,3H2,1-2H3,(H2,14,15,16). The highest BCUT2D eigenvalue weighted by Crippen LogP contribution is 2.19. The van der Waals surface area contributed by atoms with Crippen LogP contribution in [0.2, 0.25) is 0 Å². The second-order valence-electron chi connectivity index (χ2n) is 3.80. The molecule has 0 radical (unpaired) electrons. The molecular weight excluding hydrogens is 198 g/mol. The van der Waals surface area contributed by atoms with E-state index < -0.39 is 0 Å². The minimum absolute atomic E-state index is 0.328. The molecule has 0 bridgehead atoms. The fourth-order valence-electron chi connectivity index (χ4n) is 1.65. The molecule has 82 valence electrons. The Morgan fingerprint density at radius 1 is 1.12 bits per heavy atom. The summed E-state index contributed by atoms with van der Waals surface area (Å²) in [6, 6.07) is 10.3. The van der Waals surface area contributed by atoms with Crippen LogP contribution in [0.5, 0.6) is 0 Å². The highest BCUT2D eigenvalue weighted by molar-refractivity contribution is 5.60. The van der Waals surface area contributed by atoms with E-state index in [-0.39, 0.29) is 0 Å². The fourth-order valence-corrected chi connectivity index (χ4v) is 1.65. The first-order valence-electron chi connectivity index (χ1n) is 5.39. The van der Waals surface area contributed by atoms with E-state index in [4.69, 9.17) is 5.73 Å². The maximum atomic E-state index is 5.63. The maximum absolute atomic E-state index is 5.63. The van der Waals surface area contributed by atoms with Gasteiger partial charge in [-0.15, -0.1) is 0 Å². The van der Waals surface area contributed by atoms with Crippen molar-refractivity contribution in [1.29, 1.82) is 0 Å². The lowest BCUT2D eigenvalue weighted by molar-refractivity contribution is 1.12. The molecule has 0 fully saturated rings. The van der Waals surface area contributed by atoms with Crippen molar-refractivity contribution in [2.24, 2.45) is 0 Å². The second kappa shape index (κ2) is 4.31.